The van der Waals surface area contributed by atoms with Gasteiger partial charge in [-0.2, -0.15) is 5.26 Å². The van der Waals surface area contributed by atoms with Gasteiger partial charge in [-0.05, 0) is 43.9 Å². The van der Waals surface area contributed by atoms with Crippen molar-refractivity contribution in [3.63, 3.8) is 0 Å². The fraction of sp³-hybridized carbons (Fsp3) is 0.444. The summed E-state index contributed by atoms with van der Waals surface area (Å²) in [4.78, 5) is 11.2. The predicted molar refractivity (Wildman–Crippen MR) is 83.6 cm³/mol. The SMILES string of the molecule is C=C(CCCCC(C=O)Cc1ccc(C#N)cc1)OCC. The maximum atomic E-state index is 11.2. The maximum Gasteiger partial charge on any atom is 0.123 e. The van der Waals surface area contributed by atoms with Gasteiger partial charge in [0, 0.05) is 12.3 Å². The molecule has 0 aliphatic carbocycles. The lowest BCUT2D eigenvalue weighted by atomic mass is 9.94. The minimum atomic E-state index is 0.0401. The zero-order chi connectivity index (χ0) is 15.5. The van der Waals surface area contributed by atoms with Crippen molar-refractivity contribution in [2.24, 2.45) is 5.92 Å². The first-order chi connectivity index (χ1) is 10.2. The van der Waals surface area contributed by atoms with Gasteiger partial charge in [0.2, 0.25) is 0 Å². The van der Waals surface area contributed by atoms with Crippen LogP contribution in [-0.2, 0) is 16.0 Å². The number of rotatable bonds is 10. The molecule has 0 spiro atoms. The number of hydrogen-bond donors (Lipinski definition) is 0. The van der Waals surface area contributed by atoms with Gasteiger partial charge in [0.25, 0.3) is 0 Å². The van der Waals surface area contributed by atoms with Gasteiger partial charge < -0.3 is 9.53 Å². The van der Waals surface area contributed by atoms with Crippen molar-refractivity contribution < 1.29 is 9.53 Å². The van der Waals surface area contributed by atoms with Gasteiger partial charge in [-0.15, -0.1) is 0 Å². The minimum absolute atomic E-state index is 0.0401. The number of nitrogens with zero attached hydrogens (tertiary/aromatic N) is 1. The number of nitriles is 1. The fourth-order valence-electron chi connectivity index (χ4n) is 2.24. The molecule has 112 valence electrons. The smallest absolute Gasteiger partial charge is 0.123 e. The number of benzene rings is 1. The second kappa shape index (κ2) is 9.77. The molecule has 0 bridgehead atoms. The standard InChI is InChI=1S/C18H23NO2/c1-3-21-15(2)6-4-5-7-18(14-20)12-16-8-10-17(13-19)11-9-16/h8-11,14,18H,2-7,12H2,1H3. The Labute approximate surface area is 127 Å². The van der Waals surface area contributed by atoms with Crippen molar-refractivity contribution in [3.05, 3.63) is 47.7 Å². The lowest BCUT2D eigenvalue weighted by Gasteiger charge is -2.11. The van der Waals surface area contributed by atoms with Crippen LogP contribution in [0.3, 0.4) is 0 Å². The second-order valence-electron chi connectivity index (χ2n) is 5.13. The van der Waals surface area contributed by atoms with E-state index in [1.54, 1.807) is 12.1 Å². The van der Waals surface area contributed by atoms with Crippen molar-refractivity contribution in [1.29, 1.82) is 5.26 Å². The summed E-state index contributed by atoms with van der Waals surface area (Å²) in [5.74, 6) is 0.866. The van der Waals surface area contributed by atoms with Crippen LogP contribution in [-0.4, -0.2) is 12.9 Å². The van der Waals surface area contributed by atoms with Crippen LogP contribution >= 0.6 is 0 Å². The molecule has 3 nitrogen and oxygen atoms in total. The number of carbonyl (C=O) groups excluding carboxylic acids is 1. The predicted octanol–water partition coefficient (Wildman–Crippen LogP) is 4.03. The number of aldehydes is 1. The zero-order valence-electron chi connectivity index (χ0n) is 12.7. The third kappa shape index (κ3) is 6.76. The molecule has 0 aliphatic heterocycles. The molecule has 21 heavy (non-hydrogen) atoms. The second-order valence-corrected chi connectivity index (χ2v) is 5.13. The van der Waals surface area contributed by atoms with E-state index in [4.69, 9.17) is 10.00 Å². The molecule has 0 fully saturated rings. The summed E-state index contributed by atoms with van der Waals surface area (Å²) in [5, 5.41) is 8.76. The molecule has 1 atom stereocenters. The lowest BCUT2D eigenvalue weighted by molar-refractivity contribution is -0.111. The molecule has 0 N–H and O–H groups in total. The lowest BCUT2D eigenvalue weighted by Crippen LogP contribution is -2.06. The average Bonchev–Trinajstić information content (AvgIpc) is 2.51. The highest BCUT2D eigenvalue weighted by Crippen LogP contribution is 2.16. The molecule has 0 heterocycles. The van der Waals surface area contributed by atoms with Crippen molar-refractivity contribution in [2.45, 2.75) is 39.0 Å². The van der Waals surface area contributed by atoms with Crippen LogP contribution in [0.4, 0.5) is 0 Å². The maximum absolute atomic E-state index is 11.2. The van der Waals surface area contributed by atoms with Gasteiger partial charge in [-0.1, -0.05) is 25.1 Å². The van der Waals surface area contributed by atoms with Gasteiger partial charge in [-0.25, -0.2) is 0 Å². The first-order valence-corrected chi connectivity index (χ1v) is 7.44. The summed E-state index contributed by atoms with van der Waals surface area (Å²) in [5.41, 5.74) is 1.75. The van der Waals surface area contributed by atoms with E-state index in [0.29, 0.717) is 12.2 Å². The number of ether oxygens (including phenoxy) is 1. The number of unbranched alkanes of at least 4 members (excludes halogenated alkanes) is 1. The highest BCUT2D eigenvalue weighted by Gasteiger charge is 2.09. The van der Waals surface area contributed by atoms with Crippen LogP contribution in [0, 0.1) is 17.2 Å². The zero-order valence-corrected chi connectivity index (χ0v) is 12.7. The summed E-state index contributed by atoms with van der Waals surface area (Å²) in [6, 6.07) is 9.53. The molecule has 1 rings (SSSR count). The largest absolute Gasteiger partial charge is 0.499 e. The highest BCUT2D eigenvalue weighted by atomic mass is 16.5. The third-order valence-corrected chi connectivity index (χ3v) is 3.40. The molecule has 1 aromatic rings. The monoisotopic (exact) mass is 285 g/mol. The van der Waals surface area contributed by atoms with Crippen LogP contribution in [0.2, 0.25) is 0 Å². The number of allylic oxidation sites excluding steroid dienone is 1. The van der Waals surface area contributed by atoms with Crippen LogP contribution in [0.25, 0.3) is 0 Å². The Kier molecular flexibility index (Phi) is 7.89. The molecule has 1 aromatic carbocycles. The molecule has 1 unspecified atom stereocenters. The Morgan fingerprint density at radius 1 is 1.38 bits per heavy atom. The summed E-state index contributed by atoms with van der Waals surface area (Å²) >= 11 is 0. The summed E-state index contributed by atoms with van der Waals surface area (Å²) in [6.45, 7) is 6.46. The van der Waals surface area contributed by atoms with E-state index < -0.39 is 0 Å². The van der Waals surface area contributed by atoms with E-state index >= 15 is 0 Å². The Bertz CT molecular complexity index is 485. The van der Waals surface area contributed by atoms with Crippen LogP contribution in [0.1, 0.15) is 43.7 Å². The average molecular weight is 285 g/mol. The van der Waals surface area contributed by atoms with Gasteiger partial charge in [-0.3, -0.25) is 0 Å². The Morgan fingerprint density at radius 3 is 2.67 bits per heavy atom. The van der Waals surface area contributed by atoms with Gasteiger partial charge in [0.05, 0.1) is 24.0 Å². The number of hydrogen-bond acceptors (Lipinski definition) is 3. The van der Waals surface area contributed by atoms with Crippen LogP contribution < -0.4 is 0 Å². The molecule has 0 saturated carbocycles. The molecular weight excluding hydrogens is 262 g/mol. The Morgan fingerprint density at radius 2 is 2.10 bits per heavy atom. The van der Waals surface area contributed by atoms with E-state index in [0.717, 1.165) is 49.7 Å². The first-order valence-electron chi connectivity index (χ1n) is 7.44. The molecule has 0 amide bonds. The molecule has 3 heteroatoms. The van der Waals surface area contributed by atoms with E-state index in [1.807, 2.05) is 19.1 Å². The topological polar surface area (TPSA) is 50.1 Å². The molecule has 0 radical (unpaired) electrons. The molecule has 0 saturated heterocycles. The van der Waals surface area contributed by atoms with Crippen molar-refractivity contribution >= 4 is 6.29 Å². The van der Waals surface area contributed by atoms with Gasteiger partial charge in [0.15, 0.2) is 0 Å². The van der Waals surface area contributed by atoms with E-state index in [-0.39, 0.29) is 5.92 Å². The third-order valence-electron chi connectivity index (χ3n) is 3.40. The quantitative estimate of drug-likeness (QED) is 0.370. The summed E-state index contributed by atoms with van der Waals surface area (Å²) in [7, 11) is 0. The number of carbonyl (C=O) groups is 1. The normalized spacial score (nSPS) is 11.4. The summed E-state index contributed by atoms with van der Waals surface area (Å²) in [6.07, 6.45) is 5.50. The molecule has 0 aliphatic rings. The van der Waals surface area contributed by atoms with Crippen LogP contribution in [0.15, 0.2) is 36.6 Å². The van der Waals surface area contributed by atoms with Crippen molar-refractivity contribution in [1.82, 2.24) is 0 Å². The van der Waals surface area contributed by atoms with E-state index in [9.17, 15) is 4.79 Å². The Balaban J connectivity index is 2.32. The first kappa shape index (κ1) is 17.0. The van der Waals surface area contributed by atoms with Gasteiger partial charge >= 0.3 is 0 Å². The molecular formula is C18H23NO2. The fourth-order valence-corrected chi connectivity index (χ4v) is 2.24. The van der Waals surface area contributed by atoms with E-state index in [1.165, 1.54) is 0 Å². The van der Waals surface area contributed by atoms with Crippen LogP contribution in [0.5, 0.6) is 0 Å². The van der Waals surface area contributed by atoms with Crippen molar-refractivity contribution in [2.75, 3.05) is 6.61 Å². The van der Waals surface area contributed by atoms with Crippen molar-refractivity contribution in [3.8, 4) is 6.07 Å². The van der Waals surface area contributed by atoms with Gasteiger partial charge in [0.1, 0.15) is 6.29 Å². The summed E-state index contributed by atoms with van der Waals surface area (Å²) < 4.78 is 5.30. The Hall–Kier alpha value is -2.08. The van der Waals surface area contributed by atoms with E-state index in [2.05, 4.69) is 12.6 Å². The molecule has 0 aromatic heterocycles. The highest BCUT2D eigenvalue weighted by molar-refractivity contribution is 5.54. The minimum Gasteiger partial charge on any atom is -0.499 e.